The van der Waals surface area contributed by atoms with E-state index in [0.29, 0.717) is 6.42 Å². The van der Waals surface area contributed by atoms with Gasteiger partial charge in [0.25, 0.3) is 0 Å². The summed E-state index contributed by atoms with van der Waals surface area (Å²) in [7, 11) is 0. The molecule has 0 aromatic heterocycles. The van der Waals surface area contributed by atoms with Crippen LogP contribution in [0.15, 0.2) is 51.8 Å². The molecular formula is C18H16O3S. The van der Waals surface area contributed by atoms with Crippen molar-refractivity contribution in [2.75, 3.05) is 0 Å². The van der Waals surface area contributed by atoms with Gasteiger partial charge in [-0.05, 0) is 54.2 Å². The van der Waals surface area contributed by atoms with Gasteiger partial charge in [0, 0.05) is 22.5 Å². The third-order valence-corrected chi connectivity index (χ3v) is 5.02. The number of thioether (sulfide) groups is 1. The zero-order valence-corrected chi connectivity index (χ0v) is 13.2. The van der Waals surface area contributed by atoms with Crippen molar-refractivity contribution < 1.29 is 14.7 Å². The Morgan fingerprint density at radius 3 is 2.86 bits per heavy atom. The molecule has 0 amide bonds. The molecule has 1 aromatic rings. The summed E-state index contributed by atoms with van der Waals surface area (Å²) in [5.74, 6) is -1.36. The smallest absolute Gasteiger partial charge is 0.310 e. The van der Waals surface area contributed by atoms with Gasteiger partial charge in [-0.1, -0.05) is 23.9 Å². The SMILES string of the molecule is CC1=CCC(=O)C2=C1C=CSc1ccc(C(C)C(=O)O)cc12. The summed E-state index contributed by atoms with van der Waals surface area (Å²) in [5, 5.41) is 11.2. The fourth-order valence-electron chi connectivity index (χ4n) is 2.75. The number of carboxylic acid groups (broad SMARTS) is 1. The summed E-state index contributed by atoms with van der Waals surface area (Å²) in [6, 6.07) is 5.61. The van der Waals surface area contributed by atoms with E-state index >= 15 is 0 Å². The number of hydrogen-bond acceptors (Lipinski definition) is 3. The van der Waals surface area contributed by atoms with Crippen molar-refractivity contribution in [2.45, 2.75) is 31.1 Å². The van der Waals surface area contributed by atoms with E-state index in [9.17, 15) is 14.7 Å². The molecular weight excluding hydrogens is 296 g/mol. The maximum Gasteiger partial charge on any atom is 0.310 e. The lowest BCUT2D eigenvalue weighted by molar-refractivity contribution is -0.138. The monoisotopic (exact) mass is 312 g/mol. The highest BCUT2D eigenvalue weighted by atomic mass is 32.2. The minimum absolute atomic E-state index is 0.0918. The van der Waals surface area contributed by atoms with Crippen molar-refractivity contribution in [3.05, 3.63) is 58.0 Å². The predicted octanol–water partition coefficient (Wildman–Crippen LogP) is 4.17. The molecule has 3 nitrogen and oxygen atoms in total. The van der Waals surface area contributed by atoms with Gasteiger partial charge in [-0.25, -0.2) is 0 Å². The van der Waals surface area contributed by atoms with Gasteiger partial charge in [-0.15, -0.1) is 0 Å². The number of allylic oxidation sites excluding steroid dienone is 5. The highest BCUT2D eigenvalue weighted by molar-refractivity contribution is 8.02. The number of fused-ring (bicyclic) bond motifs is 2. The van der Waals surface area contributed by atoms with Crippen LogP contribution in [0.4, 0.5) is 0 Å². The minimum atomic E-state index is -0.861. The summed E-state index contributed by atoms with van der Waals surface area (Å²) in [4.78, 5) is 24.7. The largest absolute Gasteiger partial charge is 0.481 e. The number of benzene rings is 1. The lowest BCUT2D eigenvalue weighted by atomic mass is 9.85. The number of ketones is 1. The van der Waals surface area contributed by atoms with E-state index < -0.39 is 11.9 Å². The molecule has 1 aromatic carbocycles. The quantitative estimate of drug-likeness (QED) is 0.890. The van der Waals surface area contributed by atoms with E-state index in [0.717, 1.165) is 32.7 Å². The molecule has 3 rings (SSSR count). The fraction of sp³-hybridized carbons (Fsp3) is 0.222. The first-order chi connectivity index (χ1) is 10.5. The molecule has 1 aliphatic heterocycles. The van der Waals surface area contributed by atoms with Crippen molar-refractivity contribution in [2.24, 2.45) is 0 Å². The molecule has 0 radical (unpaired) electrons. The molecule has 4 heteroatoms. The molecule has 0 saturated heterocycles. The van der Waals surface area contributed by atoms with Crippen LogP contribution < -0.4 is 0 Å². The van der Waals surface area contributed by atoms with Crippen molar-refractivity contribution in [3.8, 4) is 0 Å². The molecule has 1 heterocycles. The van der Waals surface area contributed by atoms with Gasteiger partial charge in [0.1, 0.15) is 0 Å². The number of carboxylic acids is 1. The van der Waals surface area contributed by atoms with Crippen LogP contribution in [0.5, 0.6) is 0 Å². The first-order valence-corrected chi connectivity index (χ1v) is 8.02. The minimum Gasteiger partial charge on any atom is -0.481 e. The zero-order chi connectivity index (χ0) is 15.9. The average Bonchev–Trinajstić information content (AvgIpc) is 2.69. The Labute approximate surface area is 133 Å². The summed E-state index contributed by atoms with van der Waals surface area (Å²) >= 11 is 1.56. The predicted molar refractivity (Wildman–Crippen MR) is 87.8 cm³/mol. The summed E-state index contributed by atoms with van der Waals surface area (Å²) < 4.78 is 0. The van der Waals surface area contributed by atoms with Gasteiger partial charge in [0.15, 0.2) is 5.78 Å². The lowest BCUT2D eigenvalue weighted by Gasteiger charge is -2.18. The summed E-state index contributed by atoms with van der Waals surface area (Å²) in [6.45, 7) is 3.67. The third kappa shape index (κ3) is 2.44. The Balaban J connectivity index is 2.21. The molecule has 112 valence electrons. The van der Waals surface area contributed by atoms with Crippen LogP contribution in [0.25, 0.3) is 5.57 Å². The van der Waals surface area contributed by atoms with E-state index in [1.165, 1.54) is 0 Å². The number of hydrogen-bond donors (Lipinski definition) is 1. The third-order valence-electron chi connectivity index (χ3n) is 4.14. The van der Waals surface area contributed by atoms with Crippen LogP contribution in [-0.2, 0) is 9.59 Å². The molecule has 0 fully saturated rings. The zero-order valence-electron chi connectivity index (χ0n) is 12.4. The molecule has 0 spiro atoms. The number of rotatable bonds is 2. The molecule has 0 bridgehead atoms. The number of carbonyl (C=O) groups is 2. The van der Waals surface area contributed by atoms with Crippen LogP contribution >= 0.6 is 11.8 Å². The van der Waals surface area contributed by atoms with Crippen molar-refractivity contribution in [1.29, 1.82) is 0 Å². The molecule has 22 heavy (non-hydrogen) atoms. The Morgan fingerprint density at radius 1 is 1.36 bits per heavy atom. The standard InChI is InChI=1S/C18H16O3S/c1-10-3-5-15(19)17-13(10)7-8-22-16-6-4-12(9-14(16)17)11(2)18(20)21/h3-4,6-9,11H,5H2,1-2H3,(H,20,21). The first kappa shape index (κ1) is 14.9. The van der Waals surface area contributed by atoms with Gasteiger partial charge in [0.2, 0.25) is 0 Å². The Morgan fingerprint density at radius 2 is 2.14 bits per heavy atom. The van der Waals surface area contributed by atoms with Crippen LogP contribution in [-0.4, -0.2) is 16.9 Å². The van der Waals surface area contributed by atoms with E-state index in [-0.39, 0.29) is 5.78 Å². The average molecular weight is 312 g/mol. The Hall–Kier alpha value is -2.07. The Bertz CT molecular complexity index is 769. The maximum atomic E-state index is 12.4. The second kappa shape index (κ2) is 5.61. The second-order valence-corrected chi connectivity index (χ2v) is 6.49. The van der Waals surface area contributed by atoms with Crippen molar-refractivity contribution in [1.82, 2.24) is 0 Å². The normalized spacial score (nSPS) is 18.3. The number of carbonyl (C=O) groups excluding carboxylic acids is 1. The molecule has 1 unspecified atom stereocenters. The molecule has 1 atom stereocenters. The van der Waals surface area contributed by atoms with Crippen LogP contribution in [0.2, 0.25) is 0 Å². The highest BCUT2D eigenvalue weighted by Gasteiger charge is 2.25. The van der Waals surface area contributed by atoms with Crippen LogP contribution in [0, 0.1) is 0 Å². The topological polar surface area (TPSA) is 54.4 Å². The molecule has 2 aliphatic rings. The van der Waals surface area contributed by atoms with Crippen molar-refractivity contribution in [3.63, 3.8) is 0 Å². The van der Waals surface area contributed by atoms with Gasteiger partial charge >= 0.3 is 5.97 Å². The number of aliphatic carboxylic acids is 1. The van der Waals surface area contributed by atoms with Crippen LogP contribution in [0.3, 0.4) is 0 Å². The maximum absolute atomic E-state index is 12.4. The van der Waals surface area contributed by atoms with Crippen LogP contribution in [0.1, 0.15) is 37.3 Å². The van der Waals surface area contributed by atoms with E-state index in [2.05, 4.69) is 0 Å². The van der Waals surface area contributed by atoms with Gasteiger partial charge in [-0.2, -0.15) is 0 Å². The highest BCUT2D eigenvalue weighted by Crippen LogP contribution is 2.40. The van der Waals surface area contributed by atoms with E-state index in [4.69, 9.17) is 0 Å². The summed E-state index contributed by atoms with van der Waals surface area (Å²) in [5.41, 5.74) is 4.34. The van der Waals surface area contributed by atoms with Gasteiger partial charge < -0.3 is 5.11 Å². The van der Waals surface area contributed by atoms with E-state index in [1.807, 2.05) is 42.7 Å². The fourth-order valence-corrected chi connectivity index (χ4v) is 3.53. The second-order valence-electron chi connectivity index (χ2n) is 5.54. The van der Waals surface area contributed by atoms with Gasteiger partial charge in [-0.3, -0.25) is 9.59 Å². The summed E-state index contributed by atoms with van der Waals surface area (Å²) in [6.07, 6.45) is 4.33. The lowest BCUT2D eigenvalue weighted by Crippen LogP contribution is -2.11. The Kier molecular flexibility index (Phi) is 3.79. The van der Waals surface area contributed by atoms with E-state index in [1.54, 1.807) is 18.7 Å². The first-order valence-electron chi connectivity index (χ1n) is 7.14. The molecule has 0 saturated carbocycles. The number of Topliss-reactive ketones (excluding diaryl/α,β-unsaturated/α-hetero) is 1. The molecule has 1 aliphatic carbocycles. The molecule has 1 N–H and O–H groups in total. The van der Waals surface area contributed by atoms with Gasteiger partial charge in [0.05, 0.1) is 5.92 Å². The van der Waals surface area contributed by atoms with Crippen molar-refractivity contribution >= 4 is 29.1 Å².